The standard InChI is InChI=1S/C28H28N2O3P/c1-29(25-9-5-3-6-10-25)27-17-13-23(14-18-27)21-32-34(31)33-22-24-15-19-28(20-16-24)30(2)26-11-7-4-8-12-26/h3-20H,21-22H2,1-2H3/q+1. The maximum absolute atomic E-state index is 12.2. The van der Waals surface area contributed by atoms with Crippen molar-refractivity contribution in [2.45, 2.75) is 13.2 Å². The monoisotopic (exact) mass is 471 g/mol. The molecule has 0 amide bonds. The molecule has 0 radical (unpaired) electrons. The maximum atomic E-state index is 12.2. The van der Waals surface area contributed by atoms with Crippen LogP contribution in [0.15, 0.2) is 109 Å². The third kappa shape index (κ3) is 6.30. The average Bonchev–Trinajstić information content (AvgIpc) is 2.91. The van der Waals surface area contributed by atoms with E-state index in [1.165, 1.54) is 0 Å². The zero-order chi connectivity index (χ0) is 23.8. The van der Waals surface area contributed by atoms with E-state index in [2.05, 4.69) is 34.1 Å². The molecule has 0 fully saturated rings. The van der Waals surface area contributed by atoms with Crippen LogP contribution in [-0.4, -0.2) is 14.1 Å². The Hall–Kier alpha value is -3.50. The maximum Gasteiger partial charge on any atom is 0.698 e. The Morgan fingerprint density at radius 1 is 0.529 bits per heavy atom. The van der Waals surface area contributed by atoms with Crippen molar-refractivity contribution in [3.05, 3.63) is 120 Å². The number of rotatable bonds is 10. The van der Waals surface area contributed by atoms with E-state index in [9.17, 15) is 4.57 Å². The van der Waals surface area contributed by atoms with E-state index in [-0.39, 0.29) is 13.2 Å². The molecule has 0 unspecified atom stereocenters. The molecule has 0 aromatic heterocycles. The minimum absolute atomic E-state index is 0.228. The van der Waals surface area contributed by atoms with E-state index in [1.54, 1.807) is 0 Å². The summed E-state index contributed by atoms with van der Waals surface area (Å²) in [5.74, 6) is 0. The molecule has 0 spiro atoms. The zero-order valence-electron chi connectivity index (χ0n) is 19.4. The summed E-state index contributed by atoms with van der Waals surface area (Å²) in [6.45, 7) is 0.455. The van der Waals surface area contributed by atoms with Gasteiger partial charge in [-0.05, 0) is 59.7 Å². The van der Waals surface area contributed by atoms with Crippen LogP contribution in [0.5, 0.6) is 0 Å². The Morgan fingerprint density at radius 3 is 1.21 bits per heavy atom. The SMILES string of the molecule is CN(c1ccccc1)c1ccc(CO[P+](=O)OCc2ccc(N(C)c3ccccc3)cc2)cc1. The Labute approximate surface area is 202 Å². The van der Waals surface area contributed by atoms with Gasteiger partial charge in [0.15, 0.2) is 0 Å². The molecule has 4 rings (SSSR count). The third-order valence-electron chi connectivity index (χ3n) is 5.61. The summed E-state index contributed by atoms with van der Waals surface area (Å²) in [5, 5.41) is 0. The summed E-state index contributed by atoms with van der Waals surface area (Å²) in [6.07, 6.45) is 0. The van der Waals surface area contributed by atoms with Gasteiger partial charge in [-0.15, -0.1) is 9.05 Å². The topological polar surface area (TPSA) is 42.0 Å². The van der Waals surface area contributed by atoms with E-state index < -0.39 is 8.25 Å². The van der Waals surface area contributed by atoms with Crippen LogP contribution in [0.1, 0.15) is 11.1 Å². The predicted molar refractivity (Wildman–Crippen MR) is 139 cm³/mol. The van der Waals surface area contributed by atoms with Crippen molar-refractivity contribution >= 4 is 31.0 Å². The Kier molecular flexibility index (Phi) is 8.05. The number of nitrogens with zero attached hydrogens (tertiary/aromatic N) is 2. The fourth-order valence-electron chi connectivity index (χ4n) is 3.52. The van der Waals surface area contributed by atoms with Gasteiger partial charge in [0.25, 0.3) is 0 Å². The van der Waals surface area contributed by atoms with Crippen LogP contribution in [0, 0.1) is 0 Å². The molecule has 5 nitrogen and oxygen atoms in total. The second-order valence-electron chi connectivity index (χ2n) is 7.89. The van der Waals surface area contributed by atoms with Crippen molar-refractivity contribution in [1.82, 2.24) is 0 Å². The Balaban J connectivity index is 1.23. The second-order valence-corrected chi connectivity index (χ2v) is 8.86. The van der Waals surface area contributed by atoms with Crippen molar-refractivity contribution < 1.29 is 13.6 Å². The van der Waals surface area contributed by atoms with Gasteiger partial charge >= 0.3 is 8.25 Å². The van der Waals surface area contributed by atoms with Crippen molar-refractivity contribution in [3.8, 4) is 0 Å². The molecule has 0 atom stereocenters. The number of anilines is 4. The van der Waals surface area contributed by atoms with Gasteiger partial charge in [0, 0.05) is 41.4 Å². The summed E-state index contributed by atoms with van der Waals surface area (Å²) >= 11 is 0. The highest BCUT2D eigenvalue weighted by Crippen LogP contribution is 2.30. The summed E-state index contributed by atoms with van der Waals surface area (Å²) in [4.78, 5) is 4.22. The highest BCUT2D eigenvalue weighted by molar-refractivity contribution is 7.33. The van der Waals surface area contributed by atoms with Crippen LogP contribution < -0.4 is 9.80 Å². The van der Waals surface area contributed by atoms with E-state index in [1.807, 2.05) is 99.0 Å². The van der Waals surface area contributed by atoms with Gasteiger partial charge in [-0.25, -0.2) is 0 Å². The van der Waals surface area contributed by atoms with Crippen LogP contribution >= 0.6 is 8.25 Å². The van der Waals surface area contributed by atoms with E-state index >= 15 is 0 Å². The van der Waals surface area contributed by atoms with Gasteiger partial charge in [-0.1, -0.05) is 60.7 Å². The normalized spacial score (nSPS) is 10.6. The smallest absolute Gasteiger partial charge is 0.345 e. The van der Waals surface area contributed by atoms with Gasteiger partial charge < -0.3 is 9.80 Å². The molecule has 0 aliphatic rings. The molecule has 0 aliphatic carbocycles. The first-order valence-electron chi connectivity index (χ1n) is 11.1. The van der Waals surface area contributed by atoms with Crippen molar-refractivity contribution in [2.75, 3.05) is 23.9 Å². The molecule has 172 valence electrons. The molecule has 0 saturated heterocycles. The quantitative estimate of drug-likeness (QED) is 0.223. The van der Waals surface area contributed by atoms with E-state index in [4.69, 9.17) is 9.05 Å². The van der Waals surface area contributed by atoms with Gasteiger partial charge in [0.1, 0.15) is 13.2 Å². The average molecular weight is 472 g/mol. The first-order valence-corrected chi connectivity index (χ1v) is 12.2. The van der Waals surface area contributed by atoms with Crippen LogP contribution in [0.2, 0.25) is 0 Å². The second kappa shape index (κ2) is 11.6. The predicted octanol–water partition coefficient (Wildman–Crippen LogP) is 7.61. The lowest BCUT2D eigenvalue weighted by molar-refractivity contribution is 0.213. The lowest BCUT2D eigenvalue weighted by Gasteiger charge is -2.19. The summed E-state index contributed by atoms with van der Waals surface area (Å²) in [5.41, 5.74) is 6.23. The fraction of sp³-hybridized carbons (Fsp3) is 0.143. The lowest BCUT2D eigenvalue weighted by Crippen LogP contribution is -2.09. The fourth-order valence-corrected chi connectivity index (χ4v) is 4.11. The lowest BCUT2D eigenvalue weighted by atomic mass is 10.2. The summed E-state index contributed by atoms with van der Waals surface area (Å²) < 4.78 is 23.0. The molecule has 6 heteroatoms. The van der Waals surface area contributed by atoms with Crippen LogP contribution in [0.25, 0.3) is 0 Å². The molecular weight excluding hydrogens is 443 g/mol. The number of hydrogen-bond acceptors (Lipinski definition) is 5. The minimum atomic E-state index is -2.21. The molecule has 34 heavy (non-hydrogen) atoms. The van der Waals surface area contributed by atoms with Crippen molar-refractivity contribution in [3.63, 3.8) is 0 Å². The molecular formula is C28H28N2O3P+. The first kappa shape index (κ1) is 23.7. The zero-order valence-corrected chi connectivity index (χ0v) is 20.3. The number of benzene rings is 4. The summed E-state index contributed by atoms with van der Waals surface area (Å²) in [6, 6.07) is 36.3. The van der Waals surface area contributed by atoms with Crippen LogP contribution in [-0.2, 0) is 26.8 Å². The molecule has 4 aromatic rings. The number of hydrogen-bond donors (Lipinski definition) is 0. The summed E-state index contributed by atoms with van der Waals surface area (Å²) in [7, 11) is 1.84. The van der Waals surface area contributed by atoms with Crippen LogP contribution in [0.3, 0.4) is 0 Å². The molecule has 4 aromatic carbocycles. The number of para-hydroxylation sites is 2. The highest BCUT2D eigenvalue weighted by atomic mass is 31.1. The molecule has 0 saturated carbocycles. The molecule has 0 N–H and O–H groups in total. The van der Waals surface area contributed by atoms with Crippen molar-refractivity contribution in [1.29, 1.82) is 0 Å². The van der Waals surface area contributed by atoms with Gasteiger partial charge in [0.2, 0.25) is 0 Å². The van der Waals surface area contributed by atoms with Gasteiger partial charge in [-0.3, -0.25) is 0 Å². The van der Waals surface area contributed by atoms with Crippen molar-refractivity contribution in [2.24, 2.45) is 0 Å². The Bertz CT molecular complexity index is 1090. The van der Waals surface area contributed by atoms with Gasteiger partial charge in [-0.2, -0.15) is 0 Å². The largest absolute Gasteiger partial charge is 0.698 e. The van der Waals surface area contributed by atoms with E-state index in [0.717, 1.165) is 33.9 Å². The minimum Gasteiger partial charge on any atom is -0.345 e. The molecule has 0 aliphatic heterocycles. The van der Waals surface area contributed by atoms with Crippen LogP contribution in [0.4, 0.5) is 22.7 Å². The van der Waals surface area contributed by atoms with E-state index in [0.29, 0.717) is 0 Å². The molecule has 0 bridgehead atoms. The Morgan fingerprint density at radius 2 is 0.853 bits per heavy atom. The first-order chi connectivity index (χ1) is 16.6. The third-order valence-corrected chi connectivity index (χ3v) is 6.29. The molecule has 0 heterocycles. The highest BCUT2D eigenvalue weighted by Gasteiger charge is 2.20. The van der Waals surface area contributed by atoms with Gasteiger partial charge in [0.05, 0.1) is 0 Å².